The highest BCUT2D eigenvalue weighted by atomic mass is 19.1. The number of halogens is 2. The van der Waals surface area contributed by atoms with E-state index in [-0.39, 0.29) is 11.1 Å². The Bertz CT molecular complexity index is 429. The van der Waals surface area contributed by atoms with E-state index in [2.05, 4.69) is 11.3 Å². The van der Waals surface area contributed by atoms with Crippen LogP contribution in [-0.4, -0.2) is 18.2 Å². The number of ether oxygens (including phenoxy) is 1. The number of hydrogen-bond acceptors (Lipinski definition) is 3. The molecule has 5 heteroatoms. The van der Waals surface area contributed by atoms with E-state index in [4.69, 9.17) is 0 Å². The summed E-state index contributed by atoms with van der Waals surface area (Å²) < 4.78 is 30.2. The molecule has 0 spiro atoms. The molecule has 0 aromatic heterocycles. The van der Waals surface area contributed by atoms with Gasteiger partial charge in [0.2, 0.25) is 0 Å². The third-order valence-electron chi connectivity index (χ3n) is 2.03. The van der Waals surface area contributed by atoms with E-state index in [0.29, 0.717) is 6.07 Å². The van der Waals surface area contributed by atoms with Crippen LogP contribution < -0.4 is 0 Å². The Labute approximate surface area is 91.0 Å². The Hall–Kier alpha value is -1.75. The van der Waals surface area contributed by atoms with E-state index in [1.54, 1.807) is 0 Å². The molecule has 1 atom stereocenters. The number of aliphatic hydroxyl groups excluding tert-OH is 1. The van der Waals surface area contributed by atoms with Crippen LogP contribution in [0.2, 0.25) is 0 Å². The highest BCUT2D eigenvalue weighted by Gasteiger charge is 2.21. The Morgan fingerprint density at radius 1 is 1.50 bits per heavy atom. The predicted octanol–water partition coefficient (Wildman–Crippen LogP) is 1.73. The molecule has 0 aliphatic rings. The molecular weight excluding hydrogens is 218 g/mol. The van der Waals surface area contributed by atoms with Crippen LogP contribution in [0.15, 0.2) is 30.4 Å². The van der Waals surface area contributed by atoms with Crippen molar-refractivity contribution in [3.05, 3.63) is 47.5 Å². The van der Waals surface area contributed by atoms with Gasteiger partial charge in [0.15, 0.2) is 0 Å². The Morgan fingerprint density at radius 2 is 2.12 bits per heavy atom. The topological polar surface area (TPSA) is 46.5 Å². The fourth-order valence-electron chi connectivity index (χ4n) is 1.15. The van der Waals surface area contributed by atoms with Gasteiger partial charge in [-0.05, 0) is 6.07 Å². The van der Waals surface area contributed by atoms with Crippen LogP contribution in [0.25, 0.3) is 0 Å². The Kier molecular flexibility index (Phi) is 3.73. The number of rotatable bonds is 3. The van der Waals surface area contributed by atoms with Crippen molar-refractivity contribution >= 4 is 5.97 Å². The lowest BCUT2D eigenvalue weighted by molar-refractivity contribution is -0.137. The summed E-state index contributed by atoms with van der Waals surface area (Å²) in [4.78, 5) is 11.0. The zero-order valence-corrected chi connectivity index (χ0v) is 8.54. The number of hydrogen-bond donors (Lipinski definition) is 1. The molecule has 1 N–H and O–H groups in total. The Balaban J connectivity index is 3.01. The minimum Gasteiger partial charge on any atom is -0.466 e. The molecule has 1 aromatic carbocycles. The zero-order valence-electron chi connectivity index (χ0n) is 8.54. The molecule has 0 bridgehead atoms. The molecule has 1 aromatic rings. The van der Waals surface area contributed by atoms with Crippen molar-refractivity contribution < 1.29 is 23.4 Å². The molecule has 1 unspecified atom stereocenters. The maximum Gasteiger partial charge on any atom is 0.336 e. The molecule has 0 fully saturated rings. The van der Waals surface area contributed by atoms with Crippen LogP contribution in [0.5, 0.6) is 0 Å². The van der Waals surface area contributed by atoms with E-state index < -0.39 is 23.7 Å². The van der Waals surface area contributed by atoms with Crippen molar-refractivity contribution in [2.75, 3.05) is 7.11 Å². The fourth-order valence-corrected chi connectivity index (χ4v) is 1.15. The summed E-state index contributed by atoms with van der Waals surface area (Å²) in [6, 6.07) is 2.64. The molecular formula is C11H10F2O3. The van der Waals surface area contributed by atoms with Gasteiger partial charge in [0.05, 0.1) is 12.7 Å². The van der Waals surface area contributed by atoms with Crippen LogP contribution >= 0.6 is 0 Å². The van der Waals surface area contributed by atoms with Crippen LogP contribution in [0.1, 0.15) is 11.7 Å². The van der Waals surface area contributed by atoms with Gasteiger partial charge < -0.3 is 9.84 Å². The van der Waals surface area contributed by atoms with Gasteiger partial charge in [0, 0.05) is 11.6 Å². The second-order valence-electron chi connectivity index (χ2n) is 3.09. The molecule has 0 aliphatic heterocycles. The average molecular weight is 228 g/mol. The van der Waals surface area contributed by atoms with Crippen LogP contribution in [-0.2, 0) is 9.53 Å². The van der Waals surface area contributed by atoms with Gasteiger partial charge in [-0.2, -0.15) is 0 Å². The van der Waals surface area contributed by atoms with Crippen molar-refractivity contribution in [1.29, 1.82) is 0 Å². The number of methoxy groups -OCH3 is 1. The molecule has 3 nitrogen and oxygen atoms in total. The highest BCUT2D eigenvalue weighted by molar-refractivity contribution is 5.88. The summed E-state index contributed by atoms with van der Waals surface area (Å²) in [7, 11) is 1.11. The molecule has 0 saturated heterocycles. The number of aliphatic hydroxyl groups is 1. The summed E-state index contributed by atoms with van der Waals surface area (Å²) in [5.41, 5.74) is -0.537. The van der Waals surface area contributed by atoms with Crippen molar-refractivity contribution in [2.24, 2.45) is 0 Å². The normalized spacial score (nSPS) is 12.0. The lowest BCUT2D eigenvalue weighted by atomic mass is 10.0. The Morgan fingerprint density at radius 3 is 2.62 bits per heavy atom. The first-order valence-electron chi connectivity index (χ1n) is 4.37. The summed E-state index contributed by atoms with van der Waals surface area (Å²) in [6.07, 6.45) is -1.55. The zero-order chi connectivity index (χ0) is 12.3. The number of esters is 1. The van der Waals surface area contributed by atoms with Crippen molar-refractivity contribution in [3.8, 4) is 0 Å². The monoisotopic (exact) mass is 228 g/mol. The number of carbonyl (C=O) groups is 1. The van der Waals surface area contributed by atoms with Crippen LogP contribution in [0, 0.1) is 11.6 Å². The van der Waals surface area contributed by atoms with Crippen LogP contribution in [0.4, 0.5) is 8.78 Å². The predicted molar refractivity (Wildman–Crippen MR) is 52.5 cm³/mol. The molecule has 86 valence electrons. The second-order valence-corrected chi connectivity index (χ2v) is 3.09. The molecule has 0 amide bonds. The van der Waals surface area contributed by atoms with Gasteiger partial charge in [-0.25, -0.2) is 13.6 Å². The SMILES string of the molecule is C=C(C(=O)OC)C(O)c1ccc(F)cc1F. The third-order valence-corrected chi connectivity index (χ3v) is 2.03. The molecule has 0 heterocycles. The first-order chi connectivity index (χ1) is 7.47. The minimum atomic E-state index is -1.55. The van der Waals surface area contributed by atoms with Gasteiger partial charge in [0.1, 0.15) is 17.7 Å². The van der Waals surface area contributed by atoms with E-state index in [0.717, 1.165) is 19.2 Å². The summed E-state index contributed by atoms with van der Waals surface area (Å²) in [6.45, 7) is 3.28. The molecule has 0 aliphatic carbocycles. The maximum absolute atomic E-state index is 13.2. The van der Waals surface area contributed by atoms with Gasteiger partial charge in [-0.3, -0.25) is 0 Å². The van der Waals surface area contributed by atoms with Crippen molar-refractivity contribution in [2.45, 2.75) is 6.10 Å². The standard InChI is InChI=1S/C11H10F2O3/c1-6(11(15)16-2)10(14)8-4-3-7(12)5-9(8)13/h3-5,10,14H,1H2,2H3. The summed E-state index contributed by atoms with van der Waals surface area (Å²) in [5, 5.41) is 9.60. The smallest absolute Gasteiger partial charge is 0.336 e. The van der Waals surface area contributed by atoms with E-state index in [1.165, 1.54) is 0 Å². The minimum absolute atomic E-state index is 0.225. The van der Waals surface area contributed by atoms with Gasteiger partial charge in [-0.1, -0.05) is 12.6 Å². The molecule has 1 rings (SSSR count). The molecule has 16 heavy (non-hydrogen) atoms. The lowest BCUT2D eigenvalue weighted by Gasteiger charge is -2.12. The van der Waals surface area contributed by atoms with Gasteiger partial charge in [0.25, 0.3) is 0 Å². The van der Waals surface area contributed by atoms with E-state index >= 15 is 0 Å². The largest absolute Gasteiger partial charge is 0.466 e. The fraction of sp³-hybridized carbons (Fsp3) is 0.182. The average Bonchev–Trinajstić information content (AvgIpc) is 2.26. The lowest BCUT2D eigenvalue weighted by Crippen LogP contribution is -2.13. The van der Waals surface area contributed by atoms with E-state index in [9.17, 15) is 18.7 Å². The van der Waals surface area contributed by atoms with Crippen LogP contribution in [0.3, 0.4) is 0 Å². The highest BCUT2D eigenvalue weighted by Crippen LogP contribution is 2.24. The van der Waals surface area contributed by atoms with Gasteiger partial charge in [-0.15, -0.1) is 0 Å². The second kappa shape index (κ2) is 4.85. The van der Waals surface area contributed by atoms with Gasteiger partial charge >= 0.3 is 5.97 Å². The quantitative estimate of drug-likeness (QED) is 0.633. The van der Waals surface area contributed by atoms with Crippen molar-refractivity contribution in [1.82, 2.24) is 0 Å². The third kappa shape index (κ3) is 2.43. The number of carbonyl (C=O) groups excluding carboxylic acids is 1. The molecule has 0 saturated carbocycles. The first kappa shape index (κ1) is 12.3. The summed E-state index contributed by atoms with van der Waals surface area (Å²) >= 11 is 0. The maximum atomic E-state index is 13.2. The summed E-state index contributed by atoms with van der Waals surface area (Å²) in [5.74, 6) is -2.56. The van der Waals surface area contributed by atoms with Crippen molar-refractivity contribution in [3.63, 3.8) is 0 Å². The molecule has 0 radical (unpaired) electrons. The first-order valence-corrected chi connectivity index (χ1v) is 4.37. The van der Waals surface area contributed by atoms with E-state index in [1.807, 2.05) is 0 Å². The number of benzene rings is 1.